The smallest absolute Gasteiger partial charge is 0.240 e. The van der Waals surface area contributed by atoms with E-state index in [2.05, 4.69) is 37.9 Å². The molecule has 0 aromatic heterocycles. The molecule has 11 atom stereocenters. The van der Waals surface area contributed by atoms with Crippen molar-refractivity contribution < 1.29 is 25.0 Å². The first kappa shape index (κ1) is 31.3. The fourth-order valence-electron chi connectivity index (χ4n) is 9.29. The molecule has 0 spiro atoms. The zero-order chi connectivity index (χ0) is 29.5. The Balaban J connectivity index is 1.25. The first-order valence-corrected chi connectivity index (χ1v) is 16.7. The summed E-state index contributed by atoms with van der Waals surface area (Å²) in [5.41, 5.74) is -0.585. The molecule has 1 heterocycles. The Hall–Kier alpha value is -1.17. The third-order valence-corrected chi connectivity index (χ3v) is 12.2. The van der Waals surface area contributed by atoms with E-state index in [4.69, 9.17) is 4.84 Å². The molecule has 4 N–H and O–H groups in total. The van der Waals surface area contributed by atoms with E-state index in [1.165, 1.54) is 25.7 Å². The highest BCUT2D eigenvalue weighted by molar-refractivity contribution is 5.82. The van der Waals surface area contributed by atoms with Gasteiger partial charge < -0.3 is 20.6 Å². The van der Waals surface area contributed by atoms with Crippen LogP contribution in [0.2, 0.25) is 0 Å². The molecular weight excluding hydrogens is 516 g/mol. The van der Waals surface area contributed by atoms with Gasteiger partial charge in [0, 0.05) is 24.4 Å². The van der Waals surface area contributed by atoms with Crippen LogP contribution in [0.5, 0.6) is 0 Å². The first-order valence-electron chi connectivity index (χ1n) is 16.7. The standard InChI is InChI=1S/C34H56N2O5/c1-21-28-17-26(33(28,3)4)18-29(21)35-32(39)30-27(20-37)31(22(2)38)41-36(30)19-24-11-9-10-23(16-24)14-15-34(5,40)25-12-7-6-8-13-25/h21-31,37-38,40H,6-13,16-20H2,1-5H3,(H,35,39)/t21-,22-,23?,24?,26+,27?,28-,29-,30-,31-,34?/m0/s1. The molecule has 6 aliphatic rings. The lowest BCUT2D eigenvalue weighted by Crippen LogP contribution is -2.62. The molecule has 1 amide bonds. The molecule has 1 saturated heterocycles. The SMILES string of the molecule is C[C@@H]1[C@@H](NC(=O)[C@@H]2C(CO)[C@H]([C@H](C)O)ON2CC2CCCC(C#CC(C)(O)C3CCCCC3)C2)C[C@H]2C[C@@H]1C2(C)C. The van der Waals surface area contributed by atoms with Crippen molar-refractivity contribution in [1.82, 2.24) is 10.4 Å². The topological polar surface area (TPSA) is 102 Å². The lowest BCUT2D eigenvalue weighted by Gasteiger charge is -2.62. The number of carbonyl (C=O) groups is 1. The molecule has 41 heavy (non-hydrogen) atoms. The monoisotopic (exact) mass is 572 g/mol. The molecular formula is C34H56N2O5. The molecule has 0 radical (unpaired) electrons. The van der Waals surface area contributed by atoms with Crippen molar-refractivity contribution in [3.63, 3.8) is 0 Å². The molecule has 5 aliphatic carbocycles. The highest BCUT2D eigenvalue weighted by Crippen LogP contribution is 2.61. The maximum Gasteiger partial charge on any atom is 0.240 e. The van der Waals surface area contributed by atoms with Crippen LogP contribution in [0.1, 0.15) is 105 Å². The van der Waals surface area contributed by atoms with Gasteiger partial charge in [0.15, 0.2) is 0 Å². The van der Waals surface area contributed by atoms with Crippen molar-refractivity contribution in [1.29, 1.82) is 0 Å². The van der Waals surface area contributed by atoms with Gasteiger partial charge in [-0.15, -0.1) is 0 Å². The second-order valence-electron chi connectivity index (χ2n) is 15.3. The van der Waals surface area contributed by atoms with E-state index < -0.39 is 29.8 Å². The normalized spacial score (nSPS) is 41.4. The Labute approximate surface area is 248 Å². The maximum absolute atomic E-state index is 13.9. The lowest BCUT2D eigenvalue weighted by atomic mass is 9.45. The summed E-state index contributed by atoms with van der Waals surface area (Å²) in [6.07, 6.45) is 10.6. The predicted molar refractivity (Wildman–Crippen MR) is 159 cm³/mol. The summed E-state index contributed by atoms with van der Waals surface area (Å²) in [6.45, 7) is 10.9. The minimum atomic E-state index is -0.931. The van der Waals surface area contributed by atoms with Gasteiger partial charge in [-0.3, -0.25) is 9.63 Å². The van der Waals surface area contributed by atoms with Crippen molar-refractivity contribution in [3.8, 4) is 11.8 Å². The Morgan fingerprint density at radius 1 is 1.12 bits per heavy atom. The van der Waals surface area contributed by atoms with Gasteiger partial charge in [-0.1, -0.05) is 58.3 Å². The zero-order valence-electron chi connectivity index (χ0n) is 26.1. The summed E-state index contributed by atoms with van der Waals surface area (Å²) in [4.78, 5) is 20.1. The summed E-state index contributed by atoms with van der Waals surface area (Å²) < 4.78 is 0. The summed E-state index contributed by atoms with van der Waals surface area (Å²) in [7, 11) is 0. The van der Waals surface area contributed by atoms with Gasteiger partial charge in [-0.25, -0.2) is 0 Å². The number of aliphatic hydroxyl groups is 3. The van der Waals surface area contributed by atoms with Crippen LogP contribution < -0.4 is 5.32 Å². The van der Waals surface area contributed by atoms with Gasteiger partial charge in [0.05, 0.1) is 12.7 Å². The van der Waals surface area contributed by atoms with Crippen LogP contribution in [0.4, 0.5) is 0 Å². The number of amides is 1. The summed E-state index contributed by atoms with van der Waals surface area (Å²) >= 11 is 0. The molecule has 2 bridgehead atoms. The quantitative estimate of drug-likeness (QED) is 0.340. The minimum Gasteiger partial charge on any atom is -0.396 e. The summed E-state index contributed by atoms with van der Waals surface area (Å²) in [5.74, 6) is 8.62. The van der Waals surface area contributed by atoms with Gasteiger partial charge in [0.2, 0.25) is 5.91 Å². The number of fused-ring (bicyclic) bond motifs is 2. The van der Waals surface area contributed by atoms with Gasteiger partial charge in [-0.2, -0.15) is 5.06 Å². The van der Waals surface area contributed by atoms with Crippen LogP contribution >= 0.6 is 0 Å². The van der Waals surface area contributed by atoms with E-state index in [1.54, 1.807) is 12.0 Å². The minimum absolute atomic E-state index is 0.0844. The third-order valence-electron chi connectivity index (χ3n) is 12.2. The van der Waals surface area contributed by atoms with Gasteiger partial charge in [0.1, 0.15) is 17.7 Å². The van der Waals surface area contributed by atoms with Crippen LogP contribution in [-0.2, 0) is 9.63 Å². The molecule has 7 nitrogen and oxygen atoms in total. The number of hydroxylamine groups is 2. The van der Waals surface area contributed by atoms with Crippen molar-refractivity contribution in [3.05, 3.63) is 0 Å². The molecule has 4 unspecified atom stereocenters. The first-order chi connectivity index (χ1) is 19.4. The molecule has 7 heteroatoms. The largest absolute Gasteiger partial charge is 0.396 e. The van der Waals surface area contributed by atoms with Crippen LogP contribution in [0.15, 0.2) is 0 Å². The highest BCUT2D eigenvalue weighted by Gasteiger charge is 2.57. The van der Waals surface area contributed by atoms with Crippen LogP contribution in [-0.4, -0.2) is 69.3 Å². The molecule has 0 aromatic rings. The fraction of sp³-hybridized carbons (Fsp3) is 0.912. The van der Waals surface area contributed by atoms with E-state index in [-0.39, 0.29) is 30.4 Å². The number of hydrogen-bond donors (Lipinski definition) is 4. The third kappa shape index (κ3) is 6.38. The number of aliphatic hydroxyl groups excluding tert-OH is 2. The molecule has 5 saturated carbocycles. The second kappa shape index (κ2) is 12.4. The molecule has 6 fully saturated rings. The average Bonchev–Trinajstić information content (AvgIpc) is 3.32. The predicted octanol–water partition coefficient (Wildman–Crippen LogP) is 4.29. The Kier molecular flexibility index (Phi) is 9.49. The van der Waals surface area contributed by atoms with Crippen molar-refractivity contribution in [2.45, 2.75) is 135 Å². The molecule has 232 valence electrons. The number of carbonyl (C=O) groups excluding carboxylic acids is 1. The fourth-order valence-corrected chi connectivity index (χ4v) is 9.29. The van der Waals surface area contributed by atoms with Crippen LogP contribution in [0, 0.1) is 58.7 Å². The number of nitrogens with zero attached hydrogens (tertiary/aromatic N) is 1. The number of nitrogens with one attached hydrogen (secondary N) is 1. The van der Waals surface area contributed by atoms with E-state index >= 15 is 0 Å². The summed E-state index contributed by atoms with van der Waals surface area (Å²) in [5, 5.41) is 37.1. The van der Waals surface area contributed by atoms with Gasteiger partial charge >= 0.3 is 0 Å². The van der Waals surface area contributed by atoms with E-state index in [9.17, 15) is 20.1 Å². The van der Waals surface area contributed by atoms with Crippen molar-refractivity contribution in [2.24, 2.45) is 46.8 Å². The van der Waals surface area contributed by atoms with Crippen LogP contribution in [0.3, 0.4) is 0 Å². The van der Waals surface area contributed by atoms with Gasteiger partial charge in [-0.05, 0) is 93.8 Å². The Morgan fingerprint density at radius 3 is 2.49 bits per heavy atom. The van der Waals surface area contributed by atoms with Crippen molar-refractivity contribution in [2.75, 3.05) is 13.2 Å². The van der Waals surface area contributed by atoms with E-state index in [0.717, 1.165) is 44.9 Å². The number of rotatable bonds is 7. The van der Waals surface area contributed by atoms with E-state index in [1.807, 2.05) is 6.92 Å². The molecule has 0 aromatic carbocycles. The second-order valence-corrected chi connectivity index (χ2v) is 15.3. The number of hydrogen-bond acceptors (Lipinski definition) is 6. The van der Waals surface area contributed by atoms with Crippen molar-refractivity contribution >= 4 is 5.91 Å². The Bertz CT molecular complexity index is 979. The molecule has 1 aliphatic heterocycles. The zero-order valence-corrected chi connectivity index (χ0v) is 26.1. The maximum atomic E-state index is 13.9. The van der Waals surface area contributed by atoms with Crippen LogP contribution in [0.25, 0.3) is 0 Å². The lowest BCUT2D eigenvalue weighted by molar-refractivity contribution is -0.194. The Morgan fingerprint density at radius 2 is 1.85 bits per heavy atom. The summed E-state index contributed by atoms with van der Waals surface area (Å²) in [6, 6.07) is -0.492. The van der Waals surface area contributed by atoms with Gasteiger partial charge in [0.25, 0.3) is 0 Å². The molecule has 6 rings (SSSR count). The van der Waals surface area contributed by atoms with E-state index in [0.29, 0.717) is 35.6 Å². The average molecular weight is 573 g/mol. The highest BCUT2D eigenvalue weighted by atomic mass is 16.7.